The number of amides is 1. The van der Waals surface area contributed by atoms with Gasteiger partial charge in [-0.3, -0.25) is 4.79 Å². The van der Waals surface area contributed by atoms with Gasteiger partial charge in [0.05, 0.1) is 0 Å². The van der Waals surface area contributed by atoms with Gasteiger partial charge in [-0.25, -0.2) is 4.90 Å². The molecular weight excluding hydrogens is 190 g/mol. The molecule has 3 heteroatoms. The molecule has 0 aliphatic rings. The van der Waals surface area contributed by atoms with Gasteiger partial charge in [-0.15, -0.1) is 0 Å². The number of rotatable bonds is 2. The Labute approximate surface area is 89.3 Å². The van der Waals surface area contributed by atoms with Crippen molar-refractivity contribution in [3.05, 3.63) is 35.9 Å². The van der Waals surface area contributed by atoms with Crippen molar-refractivity contribution in [2.75, 3.05) is 6.73 Å². The number of carbonyl (C=O) groups excluding carboxylic acids is 1. The molecule has 0 spiro atoms. The van der Waals surface area contributed by atoms with Crippen molar-refractivity contribution in [2.45, 2.75) is 13.3 Å². The molecule has 1 aromatic carbocycles. The van der Waals surface area contributed by atoms with Crippen LogP contribution in [0.5, 0.6) is 0 Å². The number of carbonyl (C=O) groups is 1. The molecule has 0 fully saturated rings. The largest absolute Gasteiger partial charge is 0.375 e. The molecule has 3 nitrogen and oxygen atoms in total. The monoisotopic (exact) mass is 203 g/mol. The summed E-state index contributed by atoms with van der Waals surface area (Å²) in [5.74, 6) is 2.47. The zero-order chi connectivity index (χ0) is 11.1. The van der Waals surface area contributed by atoms with E-state index in [1.54, 1.807) is 24.3 Å². The average Bonchev–Trinajstić information content (AvgIpc) is 2.31. The summed E-state index contributed by atoms with van der Waals surface area (Å²) in [5, 5.41) is 8.99. The molecule has 0 aliphatic carbocycles. The summed E-state index contributed by atoms with van der Waals surface area (Å²) >= 11 is 0. The van der Waals surface area contributed by atoms with Gasteiger partial charge in [0.2, 0.25) is 0 Å². The van der Waals surface area contributed by atoms with Gasteiger partial charge in [0.15, 0.2) is 0 Å². The van der Waals surface area contributed by atoms with E-state index >= 15 is 0 Å². The fraction of sp³-hybridized carbons (Fsp3) is 0.250. The maximum absolute atomic E-state index is 11.7. The molecule has 0 unspecified atom stereocenters. The van der Waals surface area contributed by atoms with Crippen LogP contribution in [0.15, 0.2) is 30.3 Å². The van der Waals surface area contributed by atoms with Gasteiger partial charge >= 0.3 is 0 Å². The summed E-state index contributed by atoms with van der Waals surface area (Å²) in [4.78, 5) is 12.8. The lowest BCUT2D eigenvalue weighted by molar-refractivity contribution is 0.0704. The van der Waals surface area contributed by atoms with E-state index < -0.39 is 0 Å². The minimum atomic E-state index is -0.388. The van der Waals surface area contributed by atoms with Gasteiger partial charge in [-0.05, 0) is 12.1 Å². The fourth-order valence-electron chi connectivity index (χ4n) is 1.06. The highest BCUT2D eigenvalue weighted by Gasteiger charge is 2.11. The molecule has 1 aromatic rings. The summed E-state index contributed by atoms with van der Waals surface area (Å²) in [5.41, 5.74) is 0.525. The van der Waals surface area contributed by atoms with Gasteiger partial charge in [0, 0.05) is 18.0 Å². The van der Waals surface area contributed by atoms with E-state index in [1.807, 2.05) is 13.0 Å². The summed E-state index contributed by atoms with van der Waals surface area (Å²) < 4.78 is 0. The molecule has 0 bridgehead atoms. The molecule has 1 rings (SSSR count). The van der Waals surface area contributed by atoms with Crippen LogP contribution in [0.25, 0.3) is 0 Å². The van der Waals surface area contributed by atoms with Gasteiger partial charge in [0.25, 0.3) is 5.91 Å². The van der Waals surface area contributed by atoms with Crippen molar-refractivity contribution in [2.24, 2.45) is 0 Å². The van der Waals surface area contributed by atoms with Crippen molar-refractivity contribution in [3.63, 3.8) is 0 Å². The number of benzene rings is 1. The molecule has 0 aromatic heterocycles. The number of hydrogen-bond donors (Lipinski definition) is 1. The molecular formula is C12H13NO2. The molecule has 78 valence electrons. The fourth-order valence-corrected chi connectivity index (χ4v) is 1.06. The van der Waals surface area contributed by atoms with Crippen molar-refractivity contribution in [1.29, 1.82) is 0 Å². The zero-order valence-electron chi connectivity index (χ0n) is 8.60. The smallest absolute Gasteiger partial charge is 0.267 e. The van der Waals surface area contributed by atoms with Gasteiger partial charge in [0.1, 0.15) is 6.73 Å². The first-order chi connectivity index (χ1) is 7.29. The highest BCUT2D eigenvalue weighted by atomic mass is 16.3. The number of hydrogen-bond acceptors (Lipinski definition) is 2. The Kier molecular flexibility index (Phi) is 4.39. The highest BCUT2D eigenvalue weighted by molar-refractivity contribution is 5.95. The normalized spacial score (nSPS) is 8.93. The molecule has 0 saturated heterocycles. The summed E-state index contributed by atoms with van der Waals surface area (Å²) in [7, 11) is 0. The Hall–Kier alpha value is -1.79. The lowest BCUT2D eigenvalue weighted by Gasteiger charge is -2.11. The lowest BCUT2D eigenvalue weighted by atomic mass is 10.2. The molecule has 0 saturated carbocycles. The van der Waals surface area contributed by atoms with Crippen LogP contribution in [-0.4, -0.2) is 22.6 Å². The van der Waals surface area contributed by atoms with E-state index in [0.717, 1.165) is 4.90 Å². The summed E-state index contributed by atoms with van der Waals surface area (Å²) in [6.07, 6.45) is 0.651. The SMILES string of the molecule is CCC#CN(CO)C(=O)c1ccccc1. The Morgan fingerprint density at radius 1 is 1.40 bits per heavy atom. The van der Waals surface area contributed by atoms with E-state index in [0.29, 0.717) is 12.0 Å². The number of aliphatic hydroxyl groups excluding tert-OH is 1. The van der Waals surface area contributed by atoms with Crippen LogP contribution < -0.4 is 0 Å². The Morgan fingerprint density at radius 3 is 2.60 bits per heavy atom. The molecule has 0 radical (unpaired) electrons. The second kappa shape index (κ2) is 5.84. The second-order valence-electron chi connectivity index (χ2n) is 2.88. The number of aliphatic hydroxyl groups is 1. The minimum absolute atomic E-state index is 0.279. The zero-order valence-corrected chi connectivity index (χ0v) is 8.60. The minimum Gasteiger partial charge on any atom is -0.375 e. The third-order valence-electron chi connectivity index (χ3n) is 1.80. The Balaban J connectivity index is 2.83. The number of nitrogens with zero attached hydrogens (tertiary/aromatic N) is 1. The van der Waals surface area contributed by atoms with Crippen molar-refractivity contribution in [1.82, 2.24) is 4.90 Å². The van der Waals surface area contributed by atoms with Crippen LogP contribution >= 0.6 is 0 Å². The Morgan fingerprint density at radius 2 is 2.07 bits per heavy atom. The topological polar surface area (TPSA) is 40.5 Å². The Bertz CT molecular complexity index is 376. The second-order valence-corrected chi connectivity index (χ2v) is 2.88. The van der Waals surface area contributed by atoms with Crippen molar-refractivity contribution in [3.8, 4) is 12.0 Å². The standard InChI is InChI=1S/C12H13NO2/c1-2-3-9-13(10-14)12(15)11-7-5-4-6-8-11/h4-8,14H,2,10H2,1H3. The third kappa shape index (κ3) is 3.12. The molecule has 0 heterocycles. The maximum Gasteiger partial charge on any atom is 0.267 e. The lowest BCUT2D eigenvalue weighted by Crippen LogP contribution is -2.27. The van der Waals surface area contributed by atoms with Gasteiger partial charge in [-0.2, -0.15) is 0 Å². The van der Waals surface area contributed by atoms with Crippen LogP contribution in [0.3, 0.4) is 0 Å². The first kappa shape index (κ1) is 11.3. The third-order valence-corrected chi connectivity index (χ3v) is 1.80. The molecule has 0 aliphatic heterocycles. The predicted molar refractivity (Wildman–Crippen MR) is 57.8 cm³/mol. The van der Waals surface area contributed by atoms with Crippen molar-refractivity contribution < 1.29 is 9.90 Å². The first-order valence-electron chi connectivity index (χ1n) is 4.76. The van der Waals surface area contributed by atoms with E-state index in [-0.39, 0.29) is 12.6 Å². The average molecular weight is 203 g/mol. The van der Waals surface area contributed by atoms with Gasteiger partial charge in [-0.1, -0.05) is 31.0 Å². The highest BCUT2D eigenvalue weighted by Crippen LogP contribution is 2.02. The predicted octanol–water partition coefficient (Wildman–Crippen LogP) is 1.45. The van der Waals surface area contributed by atoms with Crippen molar-refractivity contribution >= 4 is 5.91 Å². The van der Waals surface area contributed by atoms with E-state index in [9.17, 15) is 4.79 Å². The van der Waals surface area contributed by atoms with Crippen LogP contribution in [0.1, 0.15) is 23.7 Å². The summed E-state index contributed by atoms with van der Waals surface area (Å²) in [6.45, 7) is 1.50. The van der Waals surface area contributed by atoms with Crippen LogP contribution in [0, 0.1) is 12.0 Å². The van der Waals surface area contributed by atoms with Crippen LogP contribution in [0.4, 0.5) is 0 Å². The quantitative estimate of drug-likeness (QED) is 0.449. The molecule has 0 atom stereocenters. The summed E-state index contributed by atoms with van der Waals surface area (Å²) in [6, 6.07) is 11.4. The molecule has 1 N–H and O–H groups in total. The molecule has 15 heavy (non-hydrogen) atoms. The van der Waals surface area contributed by atoms with Gasteiger partial charge < -0.3 is 5.11 Å². The van der Waals surface area contributed by atoms with Crippen LogP contribution in [-0.2, 0) is 0 Å². The maximum atomic E-state index is 11.7. The van der Waals surface area contributed by atoms with E-state index in [4.69, 9.17) is 5.11 Å². The van der Waals surface area contributed by atoms with Crippen LogP contribution in [0.2, 0.25) is 0 Å². The first-order valence-corrected chi connectivity index (χ1v) is 4.76. The molecule has 1 amide bonds. The van der Waals surface area contributed by atoms with E-state index in [2.05, 4.69) is 12.0 Å². The van der Waals surface area contributed by atoms with E-state index in [1.165, 1.54) is 0 Å².